The van der Waals surface area contributed by atoms with Crippen molar-refractivity contribution in [1.82, 2.24) is 0 Å². The lowest BCUT2D eigenvalue weighted by molar-refractivity contribution is -0.137. The van der Waals surface area contributed by atoms with Crippen molar-refractivity contribution in [3.05, 3.63) is 11.1 Å². The summed E-state index contributed by atoms with van der Waals surface area (Å²) in [6.45, 7) is 2.69. The van der Waals surface area contributed by atoms with Crippen LogP contribution in [0.5, 0.6) is 0 Å². The predicted molar refractivity (Wildman–Crippen MR) is 88.8 cm³/mol. The molecule has 1 saturated carbocycles. The van der Waals surface area contributed by atoms with Crippen molar-refractivity contribution >= 4 is 17.7 Å². The first-order chi connectivity index (χ1) is 11.5. The van der Waals surface area contributed by atoms with Crippen molar-refractivity contribution in [2.24, 2.45) is 5.92 Å². The first-order valence-electron chi connectivity index (χ1n) is 8.76. The second-order valence-corrected chi connectivity index (χ2v) is 6.26. The minimum Gasteiger partial charge on any atom is -0.478 e. The van der Waals surface area contributed by atoms with Gasteiger partial charge in [-0.05, 0) is 19.3 Å². The number of Topliss-reactive ketones (excluding diaryl/α,β-unsaturated/α-hetero) is 1. The van der Waals surface area contributed by atoms with Crippen LogP contribution in [0.25, 0.3) is 0 Å². The van der Waals surface area contributed by atoms with Crippen LogP contribution < -0.4 is 0 Å². The monoisotopic (exact) mass is 340 g/mol. The van der Waals surface area contributed by atoms with Gasteiger partial charge in [-0.25, -0.2) is 9.59 Å². The number of carboxylic acid groups (broad SMARTS) is 2. The standard InChI is InChI=1S/C18H28O6/c1-2-3-10-24-11-9-14(17(20)21)15(18(22)23)12-16(19)13-7-5-4-6-8-13/h13H,2-12H2,1H3,(H,20,21)(H,22,23)/b15-14+. The van der Waals surface area contributed by atoms with Crippen LogP contribution in [0.2, 0.25) is 0 Å². The molecular formula is C18H28O6. The number of ether oxygens (including phenoxy) is 1. The third kappa shape index (κ3) is 6.83. The topological polar surface area (TPSA) is 101 Å². The van der Waals surface area contributed by atoms with Crippen LogP contribution >= 0.6 is 0 Å². The number of hydrogen-bond donors (Lipinski definition) is 2. The molecule has 6 heteroatoms. The Bertz CT molecular complexity index is 474. The van der Waals surface area contributed by atoms with E-state index in [2.05, 4.69) is 0 Å². The van der Waals surface area contributed by atoms with Gasteiger partial charge >= 0.3 is 11.9 Å². The molecule has 0 saturated heterocycles. The smallest absolute Gasteiger partial charge is 0.332 e. The van der Waals surface area contributed by atoms with E-state index in [1.807, 2.05) is 6.92 Å². The molecule has 0 aromatic heterocycles. The molecule has 0 bridgehead atoms. The van der Waals surface area contributed by atoms with Gasteiger partial charge in [0.1, 0.15) is 5.78 Å². The van der Waals surface area contributed by atoms with Crippen LogP contribution in [0.3, 0.4) is 0 Å². The van der Waals surface area contributed by atoms with Gasteiger partial charge in [0.2, 0.25) is 0 Å². The van der Waals surface area contributed by atoms with Gasteiger partial charge in [0.25, 0.3) is 0 Å². The first-order valence-corrected chi connectivity index (χ1v) is 8.76. The molecule has 0 aromatic rings. The number of hydrogen-bond acceptors (Lipinski definition) is 4. The lowest BCUT2D eigenvalue weighted by Gasteiger charge is -2.20. The van der Waals surface area contributed by atoms with Crippen molar-refractivity contribution < 1.29 is 29.3 Å². The summed E-state index contributed by atoms with van der Waals surface area (Å²) >= 11 is 0. The molecule has 0 atom stereocenters. The average Bonchev–Trinajstić information content (AvgIpc) is 2.56. The maximum atomic E-state index is 12.3. The first kappa shape index (κ1) is 20.4. The fraction of sp³-hybridized carbons (Fsp3) is 0.722. The summed E-state index contributed by atoms with van der Waals surface area (Å²) in [5.41, 5.74) is -0.514. The number of carbonyl (C=O) groups is 3. The molecular weight excluding hydrogens is 312 g/mol. The minimum atomic E-state index is -1.33. The summed E-state index contributed by atoms with van der Waals surface area (Å²) in [6, 6.07) is 0. The number of aliphatic carboxylic acids is 2. The van der Waals surface area contributed by atoms with Crippen LogP contribution in [-0.2, 0) is 19.1 Å². The molecule has 0 aromatic carbocycles. The van der Waals surface area contributed by atoms with E-state index in [4.69, 9.17) is 4.74 Å². The van der Waals surface area contributed by atoms with E-state index in [1.165, 1.54) is 0 Å². The van der Waals surface area contributed by atoms with Gasteiger partial charge in [-0.3, -0.25) is 4.79 Å². The SMILES string of the molecule is CCCCOCC/C(C(=O)O)=C(/CC(=O)C1CCCCC1)C(=O)O. The highest BCUT2D eigenvalue weighted by molar-refractivity contribution is 6.03. The third-order valence-corrected chi connectivity index (χ3v) is 4.43. The third-order valence-electron chi connectivity index (χ3n) is 4.43. The van der Waals surface area contributed by atoms with Gasteiger partial charge in [0, 0.05) is 25.4 Å². The molecule has 136 valence electrons. The number of carbonyl (C=O) groups excluding carboxylic acids is 1. The van der Waals surface area contributed by atoms with Crippen molar-refractivity contribution in [2.45, 2.75) is 64.7 Å². The Labute approximate surface area is 142 Å². The second kappa shape index (κ2) is 11.0. The van der Waals surface area contributed by atoms with E-state index in [1.54, 1.807) is 0 Å². The van der Waals surface area contributed by atoms with E-state index < -0.39 is 11.9 Å². The van der Waals surface area contributed by atoms with E-state index in [-0.39, 0.29) is 42.3 Å². The summed E-state index contributed by atoms with van der Waals surface area (Å²) in [4.78, 5) is 35.3. The summed E-state index contributed by atoms with van der Waals surface area (Å²) in [5, 5.41) is 18.7. The lowest BCUT2D eigenvalue weighted by atomic mass is 9.83. The highest BCUT2D eigenvalue weighted by Crippen LogP contribution is 2.27. The minimum absolute atomic E-state index is 0.00136. The van der Waals surface area contributed by atoms with Gasteiger partial charge in [-0.2, -0.15) is 0 Å². The van der Waals surface area contributed by atoms with Crippen LogP contribution in [0.1, 0.15) is 64.7 Å². The molecule has 6 nitrogen and oxygen atoms in total. The normalized spacial score (nSPS) is 16.5. The van der Waals surface area contributed by atoms with Gasteiger partial charge < -0.3 is 14.9 Å². The molecule has 1 aliphatic carbocycles. The summed E-state index contributed by atoms with van der Waals surface area (Å²) in [6.07, 6.45) is 6.12. The zero-order chi connectivity index (χ0) is 17.9. The Morgan fingerprint density at radius 1 is 0.958 bits per heavy atom. The maximum Gasteiger partial charge on any atom is 0.332 e. The largest absolute Gasteiger partial charge is 0.478 e. The molecule has 0 unspecified atom stereocenters. The fourth-order valence-corrected chi connectivity index (χ4v) is 2.96. The zero-order valence-electron chi connectivity index (χ0n) is 14.4. The van der Waals surface area contributed by atoms with Crippen LogP contribution in [0.15, 0.2) is 11.1 Å². The second-order valence-electron chi connectivity index (χ2n) is 6.26. The van der Waals surface area contributed by atoms with Gasteiger partial charge in [0.15, 0.2) is 0 Å². The fourth-order valence-electron chi connectivity index (χ4n) is 2.96. The molecule has 24 heavy (non-hydrogen) atoms. The number of unbranched alkanes of at least 4 members (excludes halogenated alkanes) is 1. The Hall–Kier alpha value is -1.69. The Morgan fingerprint density at radius 2 is 1.58 bits per heavy atom. The Morgan fingerprint density at radius 3 is 2.12 bits per heavy atom. The van der Waals surface area contributed by atoms with Crippen molar-refractivity contribution in [3.63, 3.8) is 0 Å². The van der Waals surface area contributed by atoms with Crippen molar-refractivity contribution in [1.29, 1.82) is 0 Å². The van der Waals surface area contributed by atoms with E-state index in [9.17, 15) is 24.6 Å². The van der Waals surface area contributed by atoms with Crippen LogP contribution in [0, 0.1) is 5.92 Å². The van der Waals surface area contributed by atoms with Crippen molar-refractivity contribution in [2.75, 3.05) is 13.2 Å². The molecule has 0 aliphatic heterocycles. The van der Waals surface area contributed by atoms with Gasteiger partial charge in [-0.15, -0.1) is 0 Å². The Balaban J connectivity index is 2.77. The molecule has 0 radical (unpaired) electrons. The van der Waals surface area contributed by atoms with E-state index in [0.29, 0.717) is 6.61 Å². The summed E-state index contributed by atoms with van der Waals surface area (Å²) < 4.78 is 5.33. The maximum absolute atomic E-state index is 12.3. The quantitative estimate of drug-likeness (QED) is 0.442. The van der Waals surface area contributed by atoms with Gasteiger partial charge in [-0.1, -0.05) is 32.6 Å². The molecule has 0 amide bonds. The highest BCUT2D eigenvalue weighted by atomic mass is 16.5. The summed E-state index contributed by atoms with van der Waals surface area (Å²) in [5.74, 6) is -2.91. The summed E-state index contributed by atoms with van der Waals surface area (Å²) in [7, 11) is 0. The molecule has 0 heterocycles. The van der Waals surface area contributed by atoms with Crippen LogP contribution in [0.4, 0.5) is 0 Å². The van der Waals surface area contributed by atoms with Gasteiger partial charge in [0.05, 0.1) is 17.8 Å². The Kier molecular flexibility index (Phi) is 9.30. The number of carboxylic acids is 2. The lowest BCUT2D eigenvalue weighted by Crippen LogP contribution is -2.22. The number of ketones is 1. The molecule has 0 spiro atoms. The molecule has 1 fully saturated rings. The van der Waals surface area contributed by atoms with Crippen molar-refractivity contribution in [3.8, 4) is 0 Å². The van der Waals surface area contributed by atoms with E-state index in [0.717, 1.165) is 44.9 Å². The molecule has 1 rings (SSSR count). The molecule has 2 N–H and O–H groups in total. The number of rotatable bonds is 11. The molecule has 1 aliphatic rings. The zero-order valence-corrected chi connectivity index (χ0v) is 14.4. The van der Waals surface area contributed by atoms with Crippen LogP contribution in [-0.4, -0.2) is 41.1 Å². The highest BCUT2D eigenvalue weighted by Gasteiger charge is 2.27. The average molecular weight is 340 g/mol. The van der Waals surface area contributed by atoms with E-state index >= 15 is 0 Å². The predicted octanol–water partition coefficient (Wildman–Crippen LogP) is 3.20.